The van der Waals surface area contributed by atoms with Crippen LogP contribution >= 0.6 is 0 Å². The number of imidazole rings is 1. The molecule has 6 heteroatoms. The molecular weight excluding hydrogens is 232 g/mol. The maximum atomic E-state index is 11.6. The summed E-state index contributed by atoms with van der Waals surface area (Å²) in [5, 5.41) is 6.28. The van der Waals surface area contributed by atoms with Crippen LogP contribution in [0.2, 0.25) is 0 Å². The molecule has 1 aliphatic rings. The fourth-order valence-corrected chi connectivity index (χ4v) is 1.92. The van der Waals surface area contributed by atoms with Crippen molar-refractivity contribution in [2.75, 3.05) is 6.54 Å². The third kappa shape index (κ3) is 2.27. The molecule has 94 valence electrons. The minimum Gasteiger partial charge on any atom is -0.351 e. The van der Waals surface area contributed by atoms with Gasteiger partial charge in [0.25, 0.3) is 5.91 Å². The van der Waals surface area contributed by atoms with Gasteiger partial charge in [-0.15, -0.1) is 0 Å². The average molecular weight is 246 g/mol. The maximum Gasteiger partial charge on any atom is 0.289 e. The highest BCUT2D eigenvalue weighted by atomic mass is 16.5. The van der Waals surface area contributed by atoms with E-state index in [0.717, 1.165) is 12.4 Å². The fraction of sp³-hybridized carbons (Fsp3) is 0.417. The van der Waals surface area contributed by atoms with Gasteiger partial charge in [0, 0.05) is 37.5 Å². The molecule has 2 aromatic rings. The smallest absolute Gasteiger partial charge is 0.289 e. The molecule has 1 fully saturated rings. The van der Waals surface area contributed by atoms with Crippen LogP contribution in [-0.2, 0) is 6.54 Å². The summed E-state index contributed by atoms with van der Waals surface area (Å²) < 4.78 is 6.87. The lowest BCUT2D eigenvalue weighted by Crippen LogP contribution is -2.27. The molecule has 3 rings (SSSR count). The lowest BCUT2D eigenvalue weighted by molar-refractivity contribution is 0.0915. The number of nitrogens with zero attached hydrogens (tertiary/aromatic N) is 3. The number of amides is 1. The van der Waals surface area contributed by atoms with E-state index in [-0.39, 0.29) is 11.7 Å². The Balaban J connectivity index is 1.52. The van der Waals surface area contributed by atoms with E-state index in [4.69, 9.17) is 4.52 Å². The summed E-state index contributed by atoms with van der Waals surface area (Å²) >= 11 is 0. The molecule has 1 amide bonds. The highest BCUT2D eigenvalue weighted by Gasteiger charge is 2.27. The lowest BCUT2D eigenvalue weighted by atomic mass is 10.4. The number of rotatable bonds is 5. The summed E-state index contributed by atoms with van der Waals surface area (Å²) in [5.74, 6) is 1.75. The molecule has 0 unspecified atom stereocenters. The van der Waals surface area contributed by atoms with Crippen LogP contribution in [0.25, 0.3) is 0 Å². The Labute approximate surface area is 104 Å². The van der Waals surface area contributed by atoms with Gasteiger partial charge in [-0.05, 0) is 12.8 Å². The largest absolute Gasteiger partial charge is 0.351 e. The van der Waals surface area contributed by atoms with E-state index in [1.165, 1.54) is 19.0 Å². The molecule has 1 N–H and O–H groups in total. The van der Waals surface area contributed by atoms with E-state index in [0.29, 0.717) is 12.5 Å². The minimum atomic E-state index is -0.236. The molecule has 1 saturated carbocycles. The third-order valence-corrected chi connectivity index (χ3v) is 2.99. The van der Waals surface area contributed by atoms with Crippen molar-refractivity contribution in [3.05, 3.63) is 36.2 Å². The summed E-state index contributed by atoms with van der Waals surface area (Å²) in [6, 6.07) is 1.54. The summed E-state index contributed by atoms with van der Waals surface area (Å²) in [6.45, 7) is 1.28. The monoisotopic (exact) mass is 246 g/mol. The van der Waals surface area contributed by atoms with Crippen molar-refractivity contribution < 1.29 is 9.32 Å². The van der Waals surface area contributed by atoms with E-state index >= 15 is 0 Å². The van der Waals surface area contributed by atoms with Gasteiger partial charge in [0.2, 0.25) is 5.76 Å². The second kappa shape index (κ2) is 4.64. The number of aromatic nitrogens is 3. The average Bonchev–Trinajstić information content (AvgIpc) is 2.92. The minimum absolute atomic E-state index is 0.236. The van der Waals surface area contributed by atoms with Crippen LogP contribution in [0, 0.1) is 0 Å². The van der Waals surface area contributed by atoms with E-state index < -0.39 is 0 Å². The van der Waals surface area contributed by atoms with Crippen molar-refractivity contribution in [2.45, 2.75) is 25.3 Å². The summed E-state index contributed by atoms with van der Waals surface area (Å²) in [5.41, 5.74) is 0. The number of carbonyl (C=O) groups is 1. The van der Waals surface area contributed by atoms with Crippen molar-refractivity contribution in [3.63, 3.8) is 0 Å². The zero-order chi connectivity index (χ0) is 12.4. The summed E-state index contributed by atoms with van der Waals surface area (Å²) in [4.78, 5) is 15.9. The van der Waals surface area contributed by atoms with E-state index in [1.54, 1.807) is 6.07 Å². The molecule has 18 heavy (non-hydrogen) atoms. The Morgan fingerprint density at radius 1 is 1.50 bits per heavy atom. The van der Waals surface area contributed by atoms with Crippen LogP contribution in [-0.4, -0.2) is 27.2 Å². The molecule has 0 aliphatic heterocycles. The summed E-state index contributed by atoms with van der Waals surface area (Å²) in [6.07, 6.45) is 7.67. The van der Waals surface area contributed by atoms with Gasteiger partial charge >= 0.3 is 0 Å². The molecule has 0 aromatic carbocycles. The Morgan fingerprint density at radius 2 is 2.39 bits per heavy atom. The molecule has 0 radical (unpaired) electrons. The topological polar surface area (TPSA) is 73.0 Å². The van der Waals surface area contributed by atoms with Gasteiger partial charge in [0.1, 0.15) is 5.82 Å². The van der Waals surface area contributed by atoms with Gasteiger partial charge in [-0.3, -0.25) is 4.79 Å². The second-order valence-electron chi connectivity index (χ2n) is 4.39. The zero-order valence-electron chi connectivity index (χ0n) is 9.87. The van der Waals surface area contributed by atoms with Crippen molar-refractivity contribution >= 4 is 5.91 Å². The molecule has 0 atom stereocenters. The lowest BCUT2D eigenvalue weighted by Gasteiger charge is -2.07. The normalized spacial score (nSPS) is 14.7. The standard InChI is InChI=1S/C12H14N4O2/c17-12(10-3-4-15-18-10)14-6-8-16-7-5-13-11(16)9-1-2-9/h3-5,7,9H,1-2,6,8H2,(H,14,17). The Bertz CT molecular complexity index is 528. The van der Waals surface area contributed by atoms with Crippen molar-refractivity contribution in [1.82, 2.24) is 20.0 Å². The molecular formula is C12H14N4O2. The maximum absolute atomic E-state index is 11.6. The Kier molecular flexibility index (Phi) is 2.84. The predicted octanol–water partition coefficient (Wildman–Crippen LogP) is 1.18. The molecule has 1 aliphatic carbocycles. The molecule has 6 nitrogen and oxygen atoms in total. The predicted molar refractivity (Wildman–Crippen MR) is 63.0 cm³/mol. The van der Waals surface area contributed by atoms with Crippen LogP contribution in [0.5, 0.6) is 0 Å². The number of hydrogen-bond acceptors (Lipinski definition) is 4. The van der Waals surface area contributed by atoms with Gasteiger partial charge in [-0.25, -0.2) is 4.98 Å². The Morgan fingerprint density at radius 3 is 3.11 bits per heavy atom. The Hall–Kier alpha value is -2.11. The SMILES string of the molecule is O=C(NCCn1ccnc1C1CC1)c1ccno1. The highest BCUT2D eigenvalue weighted by Crippen LogP contribution is 2.38. The summed E-state index contributed by atoms with van der Waals surface area (Å²) in [7, 11) is 0. The van der Waals surface area contributed by atoms with Crippen LogP contribution < -0.4 is 5.32 Å². The first kappa shape index (κ1) is 11.0. The van der Waals surface area contributed by atoms with Crippen LogP contribution in [0.4, 0.5) is 0 Å². The van der Waals surface area contributed by atoms with Gasteiger partial charge in [-0.2, -0.15) is 0 Å². The molecule has 0 bridgehead atoms. The third-order valence-electron chi connectivity index (χ3n) is 2.99. The van der Waals surface area contributed by atoms with Gasteiger partial charge in [0.05, 0.1) is 6.20 Å². The van der Waals surface area contributed by atoms with Gasteiger partial charge < -0.3 is 14.4 Å². The van der Waals surface area contributed by atoms with Crippen LogP contribution in [0.1, 0.15) is 35.1 Å². The van der Waals surface area contributed by atoms with Crippen LogP contribution in [0.3, 0.4) is 0 Å². The molecule has 2 heterocycles. The first-order chi connectivity index (χ1) is 8.84. The van der Waals surface area contributed by atoms with Crippen LogP contribution in [0.15, 0.2) is 29.2 Å². The number of carbonyl (C=O) groups excluding carboxylic acids is 1. The van der Waals surface area contributed by atoms with Gasteiger partial charge in [-0.1, -0.05) is 5.16 Å². The van der Waals surface area contributed by atoms with E-state index in [2.05, 4.69) is 20.0 Å². The first-order valence-corrected chi connectivity index (χ1v) is 6.04. The number of nitrogens with one attached hydrogen (secondary N) is 1. The highest BCUT2D eigenvalue weighted by molar-refractivity contribution is 5.91. The van der Waals surface area contributed by atoms with Crippen molar-refractivity contribution in [1.29, 1.82) is 0 Å². The fourth-order valence-electron chi connectivity index (χ4n) is 1.92. The molecule has 0 saturated heterocycles. The molecule has 0 spiro atoms. The molecule has 2 aromatic heterocycles. The first-order valence-electron chi connectivity index (χ1n) is 6.04. The van der Waals surface area contributed by atoms with Crippen molar-refractivity contribution in [3.8, 4) is 0 Å². The number of hydrogen-bond donors (Lipinski definition) is 1. The van der Waals surface area contributed by atoms with E-state index in [9.17, 15) is 4.79 Å². The quantitative estimate of drug-likeness (QED) is 0.859. The van der Waals surface area contributed by atoms with Crippen molar-refractivity contribution in [2.24, 2.45) is 0 Å². The zero-order valence-corrected chi connectivity index (χ0v) is 9.87. The second-order valence-corrected chi connectivity index (χ2v) is 4.39. The van der Waals surface area contributed by atoms with E-state index in [1.807, 2.05) is 12.4 Å². The van der Waals surface area contributed by atoms with Gasteiger partial charge in [0.15, 0.2) is 0 Å².